The van der Waals surface area contributed by atoms with Gasteiger partial charge in [0.1, 0.15) is 17.6 Å². The Balaban J connectivity index is 2.59. The lowest BCUT2D eigenvalue weighted by atomic mass is 10.1. The van der Waals surface area contributed by atoms with E-state index in [1.165, 1.54) is 4.90 Å². The van der Waals surface area contributed by atoms with Crippen molar-refractivity contribution in [3.8, 4) is 0 Å². The molecule has 0 aliphatic carbocycles. The van der Waals surface area contributed by atoms with Crippen molar-refractivity contribution < 1.29 is 19.1 Å². The van der Waals surface area contributed by atoms with Crippen molar-refractivity contribution in [2.75, 3.05) is 7.05 Å². The van der Waals surface area contributed by atoms with Crippen molar-refractivity contribution in [1.82, 2.24) is 10.2 Å². The fourth-order valence-electron chi connectivity index (χ4n) is 1.63. The lowest BCUT2D eigenvalue weighted by molar-refractivity contribution is -0.140. The molecule has 6 heteroatoms. The molecule has 106 valence electrons. The molecule has 19 heavy (non-hydrogen) atoms. The molecule has 0 radical (unpaired) electrons. The van der Waals surface area contributed by atoms with Crippen molar-refractivity contribution >= 4 is 12.0 Å². The first-order valence-electron chi connectivity index (χ1n) is 6.11. The van der Waals surface area contributed by atoms with Gasteiger partial charge in [-0.15, -0.1) is 0 Å². The second kappa shape index (κ2) is 6.26. The lowest BCUT2D eigenvalue weighted by Gasteiger charge is -2.22. The molecule has 2 amide bonds. The smallest absolute Gasteiger partial charge is 0.326 e. The van der Waals surface area contributed by atoms with Crippen LogP contribution in [0.5, 0.6) is 0 Å². The van der Waals surface area contributed by atoms with Crippen molar-refractivity contribution in [1.29, 1.82) is 0 Å². The number of nitrogens with zero attached hydrogens (tertiary/aromatic N) is 1. The summed E-state index contributed by atoms with van der Waals surface area (Å²) in [5, 5.41) is 11.5. The third-order valence-electron chi connectivity index (χ3n) is 2.75. The number of urea groups is 1. The third kappa shape index (κ3) is 4.31. The van der Waals surface area contributed by atoms with Crippen LogP contribution < -0.4 is 5.32 Å². The molecule has 1 aromatic heterocycles. The van der Waals surface area contributed by atoms with Crippen molar-refractivity contribution in [2.24, 2.45) is 5.92 Å². The molecule has 0 saturated heterocycles. The second-order valence-electron chi connectivity index (χ2n) is 4.88. The SMILES string of the molecule is Cc1ccc(CN(C)C(=O)NC(C(=O)O)C(C)C)o1. The van der Waals surface area contributed by atoms with E-state index in [9.17, 15) is 9.59 Å². The first kappa shape index (κ1) is 15.1. The zero-order valence-electron chi connectivity index (χ0n) is 11.6. The predicted octanol–water partition coefficient (Wildman–Crippen LogP) is 1.84. The zero-order valence-corrected chi connectivity index (χ0v) is 11.6. The van der Waals surface area contributed by atoms with Crippen molar-refractivity contribution in [2.45, 2.75) is 33.4 Å². The maximum Gasteiger partial charge on any atom is 0.326 e. The molecule has 2 N–H and O–H groups in total. The number of carboxylic acids is 1. The summed E-state index contributed by atoms with van der Waals surface area (Å²) in [5.41, 5.74) is 0. The van der Waals surface area contributed by atoms with Gasteiger partial charge in [0.15, 0.2) is 0 Å². The van der Waals surface area contributed by atoms with Crippen LogP contribution in [0.2, 0.25) is 0 Å². The molecule has 1 heterocycles. The molecule has 1 atom stereocenters. The Morgan fingerprint density at radius 3 is 2.47 bits per heavy atom. The maximum atomic E-state index is 11.9. The highest BCUT2D eigenvalue weighted by molar-refractivity contribution is 5.82. The molecule has 0 bridgehead atoms. The highest BCUT2D eigenvalue weighted by Crippen LogP contribution is 2.09. The van der Waals surface area contributed by atoms with Crippen LogP contribution in [0.4, 0.5) is 4.79 Å². The second-order valence-corrected chi connectivity index (χ2v) is 4.88. The van der Waals surface area contributed by atoms with Gasteiger partial charge in [-0.05, 0) is 25.0 Å². The molecule has 6 nitrogen and oxygen atoms in total. The Morgan fingerprint density at radius 2 is 2.05 bits per heavy atom. The standard InChI is InChI=1S/C13H20N2O4/c1-8(2)11(12(16)17)14-13(18)15(4)7-10-6-5-9(3)19-10/h5-6,8,11H,7H2,1-4H3,(H,14,18)(H,16,17). The first-order valence-corrected chi connectivity index (χ1v) is 6.11. The summed E-state index contributed by atoms with van der Waals surface area (Å²) in [6, 6.07) is 2.27. The molecule has 1 aromatic rings. The number of amides is 2. The van der Waals surface area contributed by atoms with Crippen LogP contribution in [-0.4, -0.2) is 35.1 Å². The van der Waals surface area contributed by atoms with E-state index in [2.05, 4.69) is 5.32 Å². The van der Waals surface area contributed by atoms with Crippen LogP contribution in [0.15, 0.2) is 16.5 Å². The van der Waals surface area contributed by atoms with Crippen LogP contribution in [0, 0.1) is 12.8 Å². The highest BCUT2D eigenvalue weighted by atomic mass is 16.4. The Kier molecular flexibility index (Phi) is 4.97. The van der Waals surface area contributed by atoms with E-state index >= 15 is 0 Å². The van der Waals surface area contributed by atoms with E-state index in [1.807, 2.05) is 13.0 Å². The van der Waals surface area contributed by atoms with Crippen LogP contribution >= 0.6 is 0 Å². The molecule has 1 unspecified atom stereocenters. The molecule has 0 fully saturated rings. The van der Waals surface area contributed by atoms with Crippen molar-refractivity contribution in [3.05, 3.63) is 23.7 Å². The Labute approximate surface area is 112 Å². The van der Waals surface area contributed by atoms with E-state index < -0.39 is 18.0 Å². The van der Waals surface area contributed by atoms with Gasteiger partial charge < -0.3 is 19.7 Å². The van der Waals surface area contributed by atoms with Crippen LogP contribution in [-0.2, 0) is 11.3 Å². The van der Waals surface area contributed by atoms with Gasteiger partial charge in [0.25, 0.3) is 0 Å². The fourth-order valence-corrected chi connectivity index (χ4v) is 1.63. The summed E-state index contributed by atoms with van der Waals surface area (Å²) in [6.07, 6.45) is 0. The van der Waals surface area contributed by atoms with Gasteiger partial charge >= 0.3 is 12.0 Å². The average molecular weight is 268 g/mol. The summed E-state index contributed by atoms with van der Waals surface area (Å²) in [7, 11) is 1.59. The number of furan rings is 1. The summed E-state index contributed by atoms with van der Waals surface area (Å²) in [4.78, 5) is 24.3. The van der Waals surface area contributed by atoms with Crippen LogP contribution in [0.25, 0.3) is 0 Å². The Hall–Kier alpha value is -1.98. The Bertz CT molecular complexity index is 453. The molecular formula is C13H20N2O4. The first-order chi connectivity index (χ1) is 8.81. The largest absolute Gasteiger partial charge is 0.480 e. The minimum atomic E-state index is -1.04. The van der Waals surface area contributed by atoms with E-state index in [0.29, 0.717) is 12.3 Å². The van der Waals surface area contributed by atoms with Crippen LogP contribution in [0.3, 0.4) is 0 Å². The summed E-state index contributed by atoms with van der Waals surface area (Å²) in [6.45, 7) is 5.61. The van der Waals surface area contributed by atoms with Gasteiger partial charge in [0, 0.05) is 7.05 Å². The molecular weight excluding hydrogens is 248 g/mol. The van der Waals surface area contributed by atoms with Crippen LogP contribution in [0.1, 0.15) is 25.4 Å². The van der Waals surface area contributed by atoms with Gasteiger partial charge in [-0.1, -0.05) is 13.8 Å². The molecule has 0 spiro atoms. The quantitative estimate of drug-likeness (QED) is 0.853. The van der Waals surface area contributed by atoms with E-state index in [4.69, 9.17) is 9.52 Å². The van der Waals surface area contributed by atoms with E-state index in [-0.39, 0.29) is 5.92 Å². The van der Waals surface area contributed by atoms with Gasteiger partial charge in [-0.2, -0.15) is 0 Å². The number of carboxylic acid groups (broad SMARTS) is 1. The fraction of sp³-hybridized carbons (Fsp3) is 0.538. The monoisotopic (exact) mass is 268 g/mol. The molecule has 0 aliphatic heterocycles. The molecule has 1 rings (SSSR count). The summed E-state index contributed by atoms with van der Waals surface area (Å²) >= 11 is 0. The lowest BCUT2D eigenvalue weighted by Crippen LogP contribution is -2.48. The zero-order chi connectivity index (χ0) is 14.6. The normalized spacial score (nSPS) is 12.3. The van der Waals surface area contributed by atoms with E-state index in [0.717, 1.165) is 5.76 Å². The summed E-state index contributed by atoms with van der Waals surface area (Å²) < 4.78 is 5.37. The number of carbonyl (C=O) groups excluding carboxylic acids is 1. The third-order valence-corrected chi connectivity index (χ3v) is 2.75. The number of rotatable bonds is 5. The predicted molar refractivity (Wildman–Crippen MR) is 69.7 cm³/mol. The number of nitrogens with one attached hydrogen (secondary N) is 1. The Morgan fingerprint density at radius 1 is 1.42 bits per heavy atom. The maximum absolute atomic E-state index is 11.9. The number of hydrogen-bond donors (Lipinski definition) is 2. The minimum absolute atomic E-state index is 0.180. The van der Waals surface area contributed by atoms with Gasteiger partial charge in [-0.3, -0.25) is 0 Å². The van der Waals surface area contributed by atoms with Gasteiger partial charge in [0.05, 0.1) is 6.54 Å². The number of aryl methyl sites for hydroxylation is 1. The average Bonchev–Trinajstić information content (AvgIpc) is 2.70. The number of carbonyl (C=O) groups is 2. The highest BCUT2D eigenvalue weighted by Gasteiger charge is 2.25. The molecule has 0 aliphatic rings. The molecule has 0 saturated carbocycles. The number of aliphatic carboxylic acids is 1. The van der Waals surface area contributed by atoms with Gasteiger partial charge in [-0.25, -0.2) is 9.59 Å². The topological polar surface area (TPSA) is 82.8 Å². The number of hydrogen-bond acceptors (Lipinski definition) is 3. The van der Waals surface area contributed by atoms with Crippen molar-refractivity contribution in [3.63, 3.8) is 0 Å². The summed E-state index contributed by atoms with van der Waals surface area (Å²) in [5.74, 6) is 0.215. The minimum Gasteiger partial charge on any atom is -0.480 e. The molecule has 0 aromatic carbocycles. The van der Waals surface area contributed by atoms with E-state index in [1.54, 1.807) is 27.0 Å². The van der Waals surface area contributed by atoms with Gasteiger partial charge in [0.2, 0.25) is 0 Å².